The predicted octanol–water partition coefficient (Wildman–Crippen LogP) is 0.370. The van der Waals surface area contributed by atoms with Gasteiger partial charge in [-0.25, -0.2) is 0 Å². The van der Waals surface area contributed by atoms with Gasteiger partial charge in [0, 0.05) is 13.1 Å². The van der Waals surface area contributed by atoms with Crippen molar-refractivity contribution < 1.29 is 29.3 Å². The second-order valence-corrected chi connectivity index (χ2v) is 4.19. The van der Waals surface area contributed by atoms with Crippen LogP contribution >= 0.6 is 0 Å². The number of hydrogen-bond acceptors (Lipinski definition) is 5. The fourth-order valence-corrected chi connectivity index (χ4v) is 1.68. The quantitative estimate of drug-likeness (QED) is 0.683. The van der Waals surface area contributed by atoms with Crippen LogP contribution in [0.3, 0.4) is 0 Å². The summed E-state index contributed by atoms with van der Waals surface area (Å²) in [6.45, 7) is -0.384. The normalized spacial score (nSPS) is 10.0. The van der Waals surface area contributed by atoms with E-state index in [9.17, 15) is 9.59 Å². The zero-order chi connectivity index (χ0) is 15.7. The molecule has 116 valence electrons. The average molecular weight is 297 g/mol. The molecule has 0 spiro atoms. The van der Waals surface area contributed by atoms with Crippen molar-refractivity contribution in [1.29, 1.82) is 0 Å². The summed E-state index contributed by atoms with van der Waals surface area (Å²) in [6, 6.07) is 6.90. The van der Waals surface area contributed by atoms with E-state index in [0.29, 0.717) is 11.5 Å². The van der Waals surface area contributed by atoms with Gasteiger partial charge in [0.2, 0.25) is 0 Å². The zero-order valence-electron chi connectivity index (χ0n) is 11.8. The number of nitrogens with zero attached hydrogens (tertiary/aromatic N) is 1. The van der Waals surface area contributed by atoms with Crippen molar-refractivity contribution in [3.05, 3.63) is 24.3 Å². The standard InChI is InChI=1S/C14H19NO6/c1-20-11-4-2-3-5-12(11)21-10-13(17)15(8-9-16)7-6-14(18)19/h2-5,16H,6-10H2,1H3,(H,18,19). The molecule has 0 aromatic heterocycles. The van der Waals surface area contributed by atoms with Crippen molar-refractivity contribution in [2.45, 2.75) is 6.42 Å². The molecule has 1 aromatic carbocycles. The number of carboxylic acids is 1. The summed E-state index contributed by atoms with van der Waals surface area (Å²) in [5, 5.41) is 17.6. The van der Waals surface area contributed by atoms with Gasteiger partial charge in [0.1, 0.15) is 0 Å². The molecule has 7 heteroatoms. The highest BCUT2D eigenvalue weighted by molar-refractivity contribution is 5.78. The van der Waals surface area contributed by atoms with E-state index in [1.54, 1.807) is 24.3 Å². The number of rotatable bonds is 9. The van der Waals surface area contributed by atoms with Crippen LogP contribution in [0.25, 0.3) is 0 Å². The topological polar surface area (TPSA) is 96.3 Å². The SMILES string of the molecule is COc1ccccc1OCC(=O)N(CCO)CCC(=O)O. The summed E-state index contributed by atoms with van der Waals surface area (Å²) in [6.07, 6.45) is -0.180. The Morgan fingerprint density at radius 2 is 1.86 bits per heavy atom. The zero-order valence-corrected chi connectivity index (χ0v) is 11.8. The highest BCUT2D eigenvalue weighted by atomic mass is 16.5. The van der Waals surface area contributed by atoms with Gasteiger partial charge < -0.3 is 24.6 Å². The van der Waals surface area contributed by atoms with Gasteiger partial charge in [-0.2, -0.15) is 0 Å². The molecule has 1 aromatic rings. The van der Waals surface area contributed by atoms with Crippen LogP contribution in [-0.4, -0.2) is 60.4 Å². The van der Waals surface area contributed by atoms with Crippen LogP contribution in [0, 0.1) is 0 Å². The maximum atomic E-state index is 12.0. The van der Waals surface area contributed by atoms with E-state index >= 15 is 0 Å². The molecule has 0 radical (unpaired) electrons. The molecule has 7 nitrogen and oxygen atoms in total. The van der Waals surface area contributed by atoms with E-state index in [1.807, 2.05) is 0 Å². The molecule has 0 saturated heterocycles. The van der Waals surface area contributed by atoms with Crippen LogP contribution in [0.15, 0.2) is 24.3 Å². The number of carbonyl (C=O) groups is 2. The number of carbonyl (C=O) groups excluding carboxylic acids is 1. The molecule has 1 rings (SSSR count). The van der Waals surface area contributed by atoms with Crippen molar-refractivity contribution in [1.82, 2.24) is 4.90 Å². The molecule has 0 fully saturated rings. The van der Waals surface area contributed by atoms with Gasteiger partial charge in [-0.1, -0.05) is 12.1 Å². The Kier molecular flexibility index (Phi) is 7.03. The molecule has 2 N–H and O–H groups in total. The Morgan fingerprint density at radius 3 is 2.43 bits per heavy atom. The van der Waals surface area contributed by atoms with Crippen molar-refractivity contribution in [2.24, 2.45) is 0 Å². The van der Waals surface area contributed by atoms with Crippen molar-refractivity contribution >= 4 is 11.9 Å². The number of aliphatic hydroxyl groups excluding tert-OH is 1. The van der Waals surface area contributed by atoms with E-state index in [-0.39, 0.29) is 32.7 Å². The number of hydrogen-bond donors (Lipinski definition) is 2. The van der Waals surface area contributed by atoms with Crippen molar-refractivity contribution in [2.75, 3.05) is 33.4 Å². The van der Waals surface area contributed by atoms with Gasteiger partial charge in [-0.15, -0.1) is 0 Å². The molecule has 0 unspecified atom stereocenters. The first-order valence-corrected chi connectivity index (χ1v) is 6.44. The lowest BCUT2D eigenvalue weighted by Gasteiger charge is -2.21. The minimum Gasteiger partial charge on any atom is -0.493 e. The number of methoxy groups -OCH3 is 1. The van der Waals surface area contributed by atoms with Gasteiger partial charge in [0.25, 0.3) is 5.91 Å². The number of aliphatic hydroxyl groups is 1. The molecule has 0 aliphatic heterocycles. The van der Waals surface area contributed by atoms with E-state index in [4.69, 9.17) is 19.7 Å². The molecule has 21 heavy (non-hydrogen) atoms. The van der Waals surface area contributed by atoms with Crippen LogP contribution in [-0.2, 0) is 9.59 Å². The van der Waals surface area contributed by atoms with Crippen molar-refractivity contribution in [3.63, 3.8) is 0 Å². The Labute approximate surface area is 122 Å². The summed E-state index contributed by atoms with van der Waals surface area (Å²) in [5.41, 5.74) is 0. The summed E-state index contributed by atoms with van der Waals surface area (Å²) in [5.74, 6) is -0.465. The fraction of sp³-hybridized carbons (Fsp3) is 0.429. The van der Waals surface area contributed by atoms with Crippen LogP contribution in [0.5, 0.6) is 11.5 Å². The first kappa shape index (κ1) is 16.8. The Morgan fingerprint density at radius 1 is 1.19 bits per heavy atom. The molecular formula is C14H19NO6. The summed E-state index contributed by atoms with van der Waals surface area (Å²) < 4.78 is 10.5. The molecule has 1 amide bonds. The monoisotopic (exact) mass is 297 g/mol. The number of ether oxygens (including phenoxy) is 2. The second kappa shape index (κ2) is 8.80. The number of para-hydroxylation sites is 2. The van der Waals surface area contributed by atoms with Gasteiger partial charge in [0.05, 0.1) is 20.1 Å². The lowest BCUT2D eigenvalue weighted by atomic mass is 10.3. The minimum absolute atomic E-state index is 0.0318. The second-order valence-electron chi connectivity index (χ2n) is 4.19. The third-order valence-electron chi connectivity index (χ3n) is 2.74. The molecule has 0 bridgehead atoms. The highest BCUT2D eigenvalue weighted by Crippen LogP contribution is 2.25. The smallest absolute Gasteiger partial charge is 0.305 e. The molecule has 0 saturated carbocycles. The van der Waals surface area contributed by atoms with Gasteiger partial charge >= 0.3 is 5.97 Å². The largest absolute Gasteiger partial charge is 0.493 e. The third kappa shape index (κ3) is 5.70. The van der Waals surface area contributed by atoms with E-state index in [2.05, 4.69) is 0 Å². The summed E-state index contributed by atoms with van der Waals surface area (Å²) in [7, 11) is 1.49. The lowest BCUT2D eigenvalue weighted by Crippen LogP contribution is -2.38. The molecule has 0 aliphatic carbocycles. The Bertz CT molecular complexity index is 476. The van der Waals surface area contributed by atoms with E-state index < -0.39 is 11.9 Å². The molecule has 0 heterocycles. The van der Waals surface area contributed by atoms with Crippen LogP contribution in [0.1, 0.15) is 6.42 Å². The maximum absolute atomic E-state index is 12.0. The number of amides is 1. The molecular weight excluding hydrogens is 278 g/mol. The number of aliphatic carboxylic acids is 1. The van der Waals surface area contributed by atoms with E-state index in [1.165, 1.54) is 12.0 Å². The predicted molar refractivity (Wildman–Crippen MR) is 74.4 cm³/mol. The van der Waals surface area contributed by atoms with Gasteiger partial charge in [-0.3, -0.25) is 9.59 Å². The first-order valence-electron chi connectivity index (χ1n) is 6.44. The number of carboxylic acid groups (broad SMARTS) is 1. The fourth-order valence-electron chi connectivity index (χ4n) is 1.68. The van der Waals surface area contributed by atoms with Crippen LogP contribution in [0.4, 0.5) is 0 Å². The molecule has 0 atom stereocenters. The summed E-state index contributed by atoms with van der Waals surface area (Å²) >= 11 is 0. The Balaban J connectivity index is 2.58. The van der Waals surface area contributed by atoms with Crippen LogP contribution < -0.4 is 9.47 Å². The van der Waals surface area contributed by atoms with Crippen molar-refractivity contribution in [3.8, 4) is 11.5 Å². The Hall–Kier alpha value is -2.28. The van der Waals surface area contributed by atoms with Gasteiger partial charge in [-0.05, 0) is 12.1 Å². The number of benzene rings is 1. The maximum Gasteiger partial charge on any atom is 0.305 e. The summed E-state index contributed by atoms with van der Waals surface area (Å²) in [4.78, 5) is 23.8. The minimum atomic E-state index is -1.00. The average Bonchev–Trinajstić information content (AvgIpc) is 2.49. The first-order chi connectivity index (χ1) is 10.1. The molecule has 0 aliphatic rings. The van der Waals surface area contributed by atoms with Crippen LogP contribution in [0.2, 0.25) is 0 Å². The third-order valence-corrected chi connectivity index (χ3v) is 2.74. The highest BCUT2D eigenvalue weighted by Gasteiger charge is 2.15. The van der Waals surface area contributed by atoms with Gasteiger partial charge in [0.15, 0.2) is 18.1 Å². The lowest BCUT2D eigenvalue weighted by molar-refractivity contribution is -0.139. The van der Waals surface area contributed by atoms with E-state index in [0.717, 1.165) is 0 Å².